The lowest BCUT2D eigenvalue weighted by Crippen LogP contribution is -2.30. The van der Waals surface area contributed by atoms with Gasteiger partial charge in [-0.3, -0.25) is 4.79 Å². The molecule has 1 aromatic rings. The highest BCUT2D eigenvalue weighted by molar-refractivity contribution is 5.92. The predicted molar refractivity (Wildman–Crippen MR) is 65.3 cm³/mol. The fourth-order valence-corrected chi connectivity index (χ4v) is 1.17. The topological polar surface area (TPSA) is 65.8 Å². The molecule has 0 spiro atoms. The average molecular weight is 231 g/mol. The highest BCUT2D eigenvalue weighted by Crippen LogP contribution is 2.08. The normalized spacial score (nSPS) is 11.9. The first-order chi connectivity index (χ1) is 8.04. The zero-order valence-corrected chi connectivity index (χ0v) is 10.4. The van der Waals surface area contributed by atoms with Crippen LogP contribution in [0.2, 0.25) is 0 Å². The fourth-order valence-electron chi connectivity index (χ4n) is 1.17. The summed E-state index contributed by atoms with van der Waals surface area (Å²) in [7, 11) is 0. The van der Waals surface area contributed by atoms with E-state index in [2.05, 4.69) is 31.1 Å². The molecular weight excluding hydrogens is 214 g/mol. The van der Waals surface area contributed by atoms with Gasteiger partial charge in [0.25, 0.3) is 5.91 Å². The van der Waals surface area contributed by atoms with Crippen LogP contribution in [0.1, 0.15) is 36.8 Å². The maximum atomic E-state index is 11.7. The molecule has 1 atom stereocenters. The van der Waals surface area contributed by atoms with Crippen LogP contribution in [-0.4, -0.2) is 17.4 Å². The number of amides is 1. The Balaban J connectivity index is 2.56. The molecule has 0 aliphatic rings. The Morgan fingerprint density at radius 1 is 1.47 bits per heavy atom. The number of pyridine rings is 1. The first-order valence-corrected chi connectivity index (χ1v) is 5.69. The molecule has 1 rings (SSSR count). The van der Waals surface area contributed by atoms with Gasteiger partial charge < -0.3 is 5.32 Å². The Labute approximate surface area is 102 Å². The van der Waals surface area contributed by atoms with E-state index in [1.54, 1.807) is 12.1 Å². The molecule has 0 aliphatic heterocycles. The number of nitriles is 1. The van der Waals surface area contributed by atoms with Crippen molar-refractivity contribution in [3.05, 3.63) is 29.6 Å². The van der Waals surface area contributed by atoms with E-state index in [0.717, 1.165) is 0 Å². The maximum absolute atomic E-state index is 11.7. The first-order valence-electron chi connectivity index (χ1n) is 5.69. The van der Waals surface area contributed by atoms with E-state index >= 15 is 0 Å². The van der Waals surface area contributed by atoms with Gasteiger partial charge in [0.1, 0.15) is 11.8 Å². The smallest absolute Gasteiger partial charge is 0.269 e. The molecule has 1 unspecified atom stereocenters. The monoisotopic (exact) mass is 231 g/mol. The van der Waals surface area contributed by atoms with E-state index in [1.165, 1.54) is 6.20 Å². The minimum Gasteiger partial charge on any atom is -0.350 e. The van der Waals surface area contributed by atoms with Crippen molar-refractivity contribution in [2.45, 2.75) is 20.8 Å². The quantitative estimate of drug-likeness (QED) is 0.861. The number of rotatable bonds is 4. The largest absolute Gasteiger partial charge is 0.350 e. The van der Waals surface area contributed by atoms with Crippen LogP contribution in [0.3, 0.4) is 0 Å². The highest BCUT2D eigenvalue weighted by Gasteiger charge is 2.11. The lowest BCUT2D eigenvalue weighted by molar-refractivity contribution is 0.0940. The molecular formula is C13H17N3O. The third kappa shape index (κ3) is 3.87. The number of carbonyl (C=O) groups excluding carboxylic acids is 1. The molecule has 0 bridgehead atoms. The van der Waals surface area contributed by atoms with Gasteiger partial charge in [-0.1, -0.05) is 20.8 Å². The van der Waals surface area contributed by atoms with Crippen molar-refractivity contribution >= 4 is 5.91 Å². The minimum atomic E-state index is -0.193. The van der Waals surface area contributed by atoms with Gasteiger partial charge in [0.05, 0.1) is 5.56 Å². The average Bonchev–Trinajstić information content (AvgIpc) is 2.35. The van der Waals surface area contributed by atoms with Crippen molar-refractivity contribution in [1.29, 1.82) is 5.26 Å². The number of nitrogens with zero attached hydrogens (tertiary/aromatic N) is 2. The van der Waals surface area contributed by atoms with Crippen LogP contribution < -0.4 is 5.32 Å². The summed E-state index contributed by atoms with van der Waals surface area (Å²) < 4.78 is 0. The molecule has 1 aromatic heterocycles. The van der Waals surface area contributed by atoms with E-state index in [0.29, 0.717) is 29.6 Å². The molecule has 0 aliphatic carbocycles. The molecule has 0 fully saturated rings. The predicted octanol–water partition coefficient (Wildman–Crippen LogP) is 1.98. The lowest BCUT2D eigenvalue weighted by atomic mass is 9.98. The Bertz CT molecular complexity index is 417. The van der Waals surface area contributed by atoms with Crippen LogP contribution in [0.5, 0.6) is 0 Å². The van der Waals surface area contributed by atoms with Gasteiger partial charge in [-0.25, -0.2) is 4.98 Å². The Morgan fingerprint density at radius 2 is 2.18 bits per heavy atom. The van der Waals surface area contributed by atoms with Crippen molar-refractivity contribution in [3.63, 3.8) is 0 Å². The number of hydrogen-bond donors (Lipinski definition) is 1. The Morgan fingerprint density at radius 3 is 2.65 bits per heavy atom. The van der Waals surface area contributed by atoms with Crippen LogP contribution in [-0.2, 0) is 0 Å². The first kappa shape index (κ1) is 13.2. The highest BCUT2D eigenvalue weighted by atomic mass is 16.1. The molecule has 0 aromatic carbocycles. The summed E-state index contributed by atoms with van der Waals surface area (Å²) in [5.41, 5.74) is 0.803. The van der Waals surface area contributed by atoms with Crippen molar-refractivity contribution in [2.75, 3.05) is 6.54 Å². The number of aromatic nitrogens is 1. The molecule has 1 heterocycles. The van der Waals surface area contributed by atoms with Gasteiger partial charge in [0.15, 0.2) is 0 Å². The summed E-state index contributed by atoms with van der Waals surface area (Å²) in [6.07, 6.45) is 1.40. The van der Waals surface area contributed by atoms with E-state index in [9.17, 15) is 4.79 Å². The van der Waals surface area contributed by atoms with Crippen molar-refractivity contribution in [2.24, 2.45) is 11.8 Å². The summed E-state index contributed by atoms with van der Waals surface area (Å²) >= 11 is 0. The van der Waals surface area contributed by atoms with E-state index in [1.807, 2.05) is 6.07 Å². The number of carbonyl (C=O) groups is 1. The second kappa shape index (κ2) is 6.00. The third-order valence-electron chi connectivity index (χ3n) is 2.85. The number of nitrogens with one attached hydrogen (secondary N) is 1. The lowest BCUT2D eigenvalue weighted by Gasteiger charge is -2.15. The van der Waals surface area contributed by atoms with E-state index < -0.39 is 0 Å². The van der Waals surface area contributed by atoms with Crippen LogP contribution >= 0.6 is 0 Å². The summed E-state index contributed by atoms with van der Waals surface area (Å²) in [5.74, 6) is 0.767. The van der Waals surface area contributed by atoms with Crippen LogP contribution in [0, 0.1) is 23.2 Å². The summed E-state index contributed by atoms with van der Waals surface area (Å²) in [6, 6.07) is 5.12. The van der Waals surface area contributed by atoms with E-state index in [-0.39, 0.29) is 5.91 Å². The second-order valence-electron chi connectivity index (χ2n) is 4.48. The van der Waals surface area contributed by atoms with Gasteiger partial charge in [-0.15, -0.1) is 0 Å². The summed E-state index contributed by atoms with van der Waals surface area (Å²) in [6.45, 7) is 6.98. The molecule has 1 amide bonds. The molecule has 1 N–H and O–H groups in total. The van der Waals surface area contributed by atoms with Crippen molar-refractivity contribution in [1.82, 2.24) is 10.3 Å². The van der Waals surface area contributed by atoms with Gasteiger partial charge in [-0.05, 0) is 24.0 Å². The molecule has 4 nitrogen and oxygen atoms in total. The van der Waals surface area contributed by atoms with Crippen molar-refractivity contribution < 1.29 is 4.79 Å². The molecule has 90 valence electrons. The Hall–Kier alpha value is -1.89. The molecule has 0 saturated heterocycles. The zero-order chi connectivity index (χ0) is 12.8. The zero-order valence-electron chi connectivity index (χ0n) is 10.4. The van der Waals surface area contributed by atoms with Crippen LogP contribution in [0.4, 0.5) is 0 Å². The summed E-state index contributed by atoms with van der Waals surface area (Å²) in [4.78, 5) is 15.7. The SMILES string of the molecule is CC(C)C(C)CNC(=O)c1ccc(C#N)cn1. The van der Waals surface area contributed by atoms with Crippen LogP contribution in [0.15, 0.2) is 18.3 Å². The van der Waals surface area contributed by atoms with Crippen LogP contribution in [0.25, 0.3) is 0 Å². The minimum absolute atomic E-state index is 0.193. The van der Waals surface area contributed by atoms with Crippen molar-refractivity contribution in [3.8, 4) is 6.07 Å². The number of hydrogen-bond acceptors (Lipinski definition) is 3. The third-order valence-corrected chi connectivity index (χ3v) is 2.85. The van der Waals surface area contributed by atoms with Gasteiger partial charge in [0.2, 0.25) is 0 Å². The van der Waals surface area contributed by atoms with Gasteiger partial charge in [0, 0.05) is 12.7 Å². The maximum Gasteiger partial charge on any atom is 0.269 e. The molecule has 0 saturated carbocycles. The van der Waals surface area contributed by atoms with E-state index in [4.69, 9.17) is 5.26 Å². The molecule has 0 radical (unpaired) electrons. The van der Waals surface area contributed by atoms with Gasteiger partial charge in [-0.2, -0.15) is 5.26 Å². The Kier molecular flexibility index (Phi) is 4.65. The summed E-state index contributed by atoms with van der Waals surface area (Å²) in [5, 5.41) is 11.4. The molecule has 4 heteroatoms. The standard InChI is InChI=1S/C13H17N3O/c1-9(2)10(3)7-16-13(17)12-5-4-11(6-14)8-15-12/h4-5,8-10H,7H2,1-3H3,(H,16,17). The second-order valence-corrected chi connectivity index (χ2v) is 4.48. The fraction of sp³-hybridized carbons (Fsp3) is 0.462. The molecule has 17 heavy (non-hydrogen) atoms. The van der Waals surface area contributed by atoms with Gasteiger partial charge >= 0.3 is 0 Å².